The van der Waals surface area contributed by atoms with Gasteiger partial charge in [-0.2, -0.15) is 13.2 Å². The van der Waals surface area contributed by atoms with E-state index in [2.05, 4.69) is 38.2 Å². The third kappa shape index (κ3) is 4.82. The van der Waals surface area contributed by atoms with Crippen molar-refractivity contribution in [2.45, 2.75) is 10.4 Å². The van der Waals surface area contributed by atoms with E-state index in [1.807, 2.05) is 18.2 Å². The molecule has 3 N–H and O–H groups in total. The fourth-order valence-electron chi connectivity index (χ4n) is 2.22. The van der Waals surface area contributed by atoms with Crippen LogP contribution in [0.3, 0.4) is 0 Å². The third-order valence-electron chi connectivity index (χ3n) is 3.24. The summed E-state index contributed by atoms with van der Waals surface area (Å²) in [6, 6.07) is 10.8. The summed E-state index contributed by atoms with van der Waals surface area (Å²) in [6.45, 7) is 0. The normalized spacial score (nSPS) is 11.5. The molecule has 2 aromatic carbocycles. The van der Waals surface area contributed by atoms with Crippen LogP contribution in [0.4, 0.5) is 29.3 Å². The number of aromatic nitrogens is 1. The van der Waals surface area contributed by atoms with Crippen LogP contribution in [-0.2, 0) is 0 Å². The second kappa shape index (κ2) is 7.16. The molecule has 0 aliphatic carbocycles. The second-order valence-electron chi connectivity index (χ2n) is 5.04. The van der Waals surface area contributed by atoms with Crippen molar-refractivity contribution in [3.8, 4) is 0 Å². The fourth-order valence-corrected chi connectivity index (χ4v) is 3.25. The van der Waals surface area contributed by atoms with Crippen LogP contribution in [0.2, 0.25) is 0 Å². The van der Waals surface area contributed by atoms with Crippen molar-refractivity contribution >= 4 is 62.7 Å². The largest absolute Gasteiger partial charge is 0.446 e. The van der Waals surface area contributed by atoms with E-state index >= 15 is 0 Å². The molecule has 3 rings (SSSR count). The summed E-state index contributed by atoms with van der Waals surface area (Å²) in [7, 11) is 0. The van der Waals surface area contributed by atoms with Crippen molar-refractivity contribution in [1.82, 2.24) is 4.98 Å². The Morgan fingerprint density at radius 2 is 1.80 bits per heavy atom. The molecule has 0 unspecified atom stereocenters. The number of hydrogen-bond acceptors (Lipinski definition) is 2. The van der Waals surface area contributed by atoms with Crippen molar-refractivity contribution < 1.29 is 18.0 Å². The Morgan fingerprint density at radius 3 is 2.48 bits per heavy atom. The summed E-state index contributed by atoms with van der Waals surface area (Å²) in [5, 5.41) is 6.19. The molecule has 0 aliphatic rings. The number of halogens is 4. The summed E-state index contributed by atoms with van der Waals surface area (Å²) in [6.07, 6.45) is 1.68. The molecular formula is C16H11F3IN3OS. The molecule has 9 heteroatoms. The van der Waals surface area contributed by atoms with Gasteiger partial charge in [0.1, 0.15) is 0 Å². The highest BCUT2D eigenvalue weighted by molar-refractivity contribution is 14.1. The number of alkyl halides is 3. The average molecular weight is 477 g/mol. The van der Waals surface area contributed by atoms with E-state index in [1.165, 1.54) is 24.3 Å². The molecule has 2 amide bonds. The van der Waals surface area contributed by atoms with Crippen molar-refractivity contribution in [2.24, 2.45) is 0 Å². The van der Waals surface area contributed by atoms with Crippen LogP contribution in [-0.4, -0.2) is 16.5 Å². The Labute approximate surface area is 158 Å². The van der Waals surface area contributed by atoms with Crippen LogP contribution in [0.5, 0.6) is 0 Å². The number of amides is 2. The van der Waals surface area contributed by atoms with Gasteiger partial charge in [-0.1, -0.05) is 0 Å². The van der Waals surface area contributed by atoms with E-state index in [1.54, 1.807) is 6.20 Å². The van der Waals surface area contributed by atoms with Gasteiger partial charge in [-0.05, 0) is 76.8 Å². The number of rotatable bonds is 3. The Kier molecular flexibility index (Phi) is 5.13. The van der Waals surface area contributed by atoms with Gasteiger partial charge in [0.05, 0.1) is 5.69 Å². The number of aromatic amines is 1. The molecule has 0 spiro atoms. The van der Waals surface area contributed by atoms with Crippen LogP contribution in [0.1, 0.15) is 0 Å². The fraction of sp³-hybridized carbons (Fsp3) is 0.0625. The molecule has 0 aliphatic heterocycles. The minimum atomic E-state index is -4.33. The quantitative estimate of drug-likeness (QED) is 0.319. The zero-order valence-electron chi connectivity index (χ0n) is 12.4. The first-order valence-corrected chi connectivity index (χ1v) is 8.90. The molecule has 0 radical (unpaired) electrons. The Bertz CT molecular complexity index is 909. The second-order valence-corrected chi connectivity index (χ2v) is 7.43. The van der Waals surface area contributed by atoms with E-state index in [0.717, 1.165) is 14.5 Å². The zero-order chi connectivity index (χ0) is 18.0. The molecule has 0 saturated carbocycles. The number of H-pyrrole nitrogens is 1. The van der Waals surface area contributed by atoms with E-state index in [-0.39, 0.29) is 16.7 Å². The molecule has 1 heterocycles. The summed E-state index contributed by atoms with van der Waals surface area (Å²) in [5.41, 5.74) is -2.42. The predicted molar refractivity (Wildman–Crippen MR) is 102 cm³/mol. The lowest BCUT2D eigenvalue weighted by molar-refractivity contribution is -0.0328. The van der Waals surface area contributed by atoms with Gasteiger partial charge in [-0.25, -0.2) is 4.79 Å². The molecular weight excluding hydrogens is 466 g/mol. The number of thioether (sulfide) groups is 1. The van der Waals surface area contributed by atoms with Gasteiger partial charge < -0.3 is 15.6 Å². The molecule has 0 bridgehead atoms. The maximum absolute atomic E-state index is 12.3. The number of benzene rings is 2. The standard InChI is InChI=1S/C16H11F3IN3OS/c17-16(18,19)25-11-4-2-10(3-5-11)22-15(24)23-14-8-21-13-6-1-9(20)7-12(13)14/h1-8,21H,(H2,22,23,24). The first-order chi connectivity index (χ1) is 11.8. The number of carbonyl (C=O) groups excluding carboxylic acids is 1. The molecule has 3 aromatic rings. The third-order valence-corrected chi connectivity index (χ3v) is 4.65. The van der Waals surface area contributed by atoms with Gasteiger partial charge in [0.2, 0.25) is 0 Å². The first kappa shape index (κ1) is 17.9. The zero-order valence-corrected chi connectivity index (χ0v) is 15.4. The van der Waals surface area contributed by atoms with Crippen molar-refractivity contribution in [1.29, 1.82) is 0 Å². The maximum atomic E-state index is 12.3. The van der Waals surface area contributed by atoms with Gasteiger partial charge in [0, 0.05) is 31.3 Å². The van der Waals surface area contributed by atoms with Gasteiger partial charge >= 0.3 is 11.5 Å². The highest BCUT2D eigenvalue weighted by Crippen LogP contribution is 2.37. The van der Waals surface area contributed by atoms with Crippen LogP contribution in [0.25, 0.3) is 10.9 Å². The predicted octanol–water partition coefficient (Wildman–Crippen LogP) is 6.03. The molecule has 4 nitrogen and oxygen atoms in total. The van der Waals surface area contributed by atoms with Gasteiger partial charge in [-0.3, -0.25) is 0 Å². The molecule has 1 aromatic heterocycles. The number of carbonyl (C=O) groups is 1. The molecule has 25 heavy (non-hydrogen) atoms. The number of nitrogens with one attached hydrogen (secondary N) is 3. The van der Waals surface area contributed by atoms with Gasteiger partial charge in [-0.15, -0.1) is 0 Å². The number of hydrogen-bond donors (Lipinski definition) is 3. The average Bonchev–Trinajstić information content (AvgIpc) is 2.90. The van der Waals surface area contributed by atoms with E-state index in [4.69, 9.17) is 0 Å². The summed E-state index contributed by atoms with van der Waals surface area (Å²) < 4.78 is 37.9. The summed E-state index contributed by atoms with van der Waals surface area (Å²) in [4.78, 5) is 15.2. The molecule has 0 saturated heterocycles. The Morgan fingerprint density at radius 1 is 1.08 bits per heavy atom. The van der Waals surface area contributed by atoms with Crippen molar-refractivity contribution in [3.63, 3.8) is 0 Å². The number of urea groups is 1. The monoisotopic (exact) mass is 477 g/mol. The van der Waals surface area contributed by atoms with E-state index in [9.17, 15) is 18.0 Å². The number of fused-ring (bicyclic) bond motifs is 1. The van der Waals surface area contributed by atoms with Gasteiger partial charge in [0.25, 0.3) is 0 Å². The van der Waals surface area contributed by atoms with Crippen LogP contribution < -0.4 is 10.6 Å². The minimum Gasteiger partial charge on any atom is -0.359 e. The number of anilines is 2. The summed E-state index contributed by atoms with van der Waals surface area (Å²) in [5.74, 6) is 0. The lowest BCUT2D eigenvalue weighted by Gasteiger charge is -2.09. The SMILES string of the molecule is O=C(Nc1ccc(SC(F)(F)F)cc1)Nc1c[nH]c2ccc(I)cc12. The van der Waals surface area contributed by atoms with Crippen LogP contribution in [0.15, 0.2) is 53.6 Å². The Balaban J connectivity index is 1.67. The smallest absolute Gasteiger partial charge is 0.359 e. The first-order valence-electron chi connectivity index (χ1n) is 7.01. The molecule has 0 atom stereocenters. The maximum Gasteiger partial charge on any atom is 0.446 e. The topological polar surface area (TPSA) is 56.9 Å². The van der Waals surface area contributed by atoms with Crippen molar-refractivity contribution in [3.05, 3.63) is 52.2 Å². The van der Waals surface area contributed by atoms with E-state index < -0.39 is 11.5 Å². The van der Waals surface area contributed by atoms with Crippen molar-refractivity contribution in [2.75, 3.05) is 10.6 Å². The van der Waals surface area contributed by atoms with E-state index in [0.29, 0.717) is 11.4 Å². The summed E-state index contributed by atoms with van der Waals surface area (Å²) >= 11 is 1.98. The Hall–Kier alpha value is -1.88. The molecule has 0 fully saturated rings. The highest BCUT2D eigenvalue weighted by atomic mass is 127. The van der Waals surface area contributed by atoms with Crippen LogP contribution in [0, 0.1) is 3.57 Å². The lowest BCUT2D eigenvalue weighted by Crippen LogP contribution is -2.19. The van der Waals surface area contributed by atoms with Crippen LogP contribution >= 0.6 is 34.4 Å². The highest BCUT2D eigenvalue weighted by Gasteiger charge is 2.29. The minimum absolute atomic E-state index is 0.0599. The van der Waals surface area contributed by atoms with Gasteiger partial charge in [0.15, 0.2) is 0 Å². The molecule has 130 valence electrons. The lowest BCUT2D eigenvalue weighted by atomic mass is 10.2.